The van der Waals surface area contributed by atoms with E-state index in [1.165, 1.54) is 11.8 Å². The van der Waals surface area contributed by atoms with Crippen LogP contribution < -0.4 is 5.32 Å². The minimum Gasteiger partial charge on any atom is -0.388 e. The van der Waals surface area contributed by atoms with Gasteiger partial charge in [0.1, 0.15) is 0 Å². The Kier molecular flexibility index (Phi) is 5.18. The maximum Gasteiger partial charge on any atom is 0.253 e. The molecule has 6 heteroatoms. The largest absolute Gasteiger partial charge is 0.388 e. The molecule has 0 bridgehead atoms. The number of nitrogens with zero attached hydrogens (tertiary/aromatic N) is 1. The number of carbonyl (C=O) groups is 2. The highest BCUT2D eigenvalue weighted by atomic mass is 32.2. The smallest absolute Gasteiger partial charge is 0.253 e. The van der Waals surface area contributed by atoms with Crippen LogP contribution in [0.2, 0.25) is 0 Å². The van der Waals surface area contributed by atoms with Crippen molar-refractivity contribution in [1.29, 1.82) is 0 Å². The van der Waals surface area contributed by atoms with Gasteiger partial charge in [0.25, 0.3) is 5.91 Å². The predicted molar refractivity (Wildman–Crippen MR) is 106 cm³/mol. The number of benzene rings is 2. The van der Waals surface area contributed by atoms with Gasteiger partial charge in [-0.15, -0.1) is 11.8 Å². The number of amides is 2. The number of hydrogen-bond donors (Lipinski definition) is 2. The van der Waals surface area contributed by atoms with Crippen molar-refractivity contribution in [3.05, 3.63) is 59.7 Å². The van der Waals surface area contributed by atoms with Gasteiger partial charge in [0.2, 0.25) is 5.91 Å². The molecule has 2 aliphatic rings. The quantitative estimate of drug-likeness (QED) is 0.854. The standard InChI is InChI=1S/C21H22N2O3S/c24-19-13-27-18-7-6-16(12-17(18)22-19)21(26)23-10-8-15(9-11-23)20(25)14-4-2-1-3-5-14/h1-7,12,15,20,25H,8-11,13H2,(H,22,24). The Morgan fingerprint density at radius 3 is 2.63 bits per heavy atom. The van der Waals surface area contributed by atoms with Crippen LogP contribution in [0.4, 0.5) is 5.69 Å². The topological polar surface area (TPSA) is 69.6 Å². The average molecular weight is 382 g/mol. The summed E-state index contributed by atoms with van der Waals surface area (Å²) in [5.74, 6) is 0.524. The molecular formula is C21H22N2O3S. The molecule has 27 heavy (non-hydrogen) atoms. The van der Waals surface area contributed by atoms with Gasteiger partial charge in [0, 0.05) is 23.5 Å². The molecule has 1 atom stereocenters. The number of rotatable bonds is 3. The molecule has 1 fully saturated rings. The van der Waals surface area contributed by atoms with Crippen LogP contribution in [0.1, 0.15) is 34.9 Å². The van der Waals surface area contributed by atoms with E-state index < -0.39 is 6.10 Å². The number of aliphatic hydroxyl groups is 1. The molecule has 1 unspecified atom stereocenters. The van der Waals surface area contributed by atoms with Gasteiger partial charge in [0.05, 0.1) is 17.5 Å². The fourth-order valence-electron chi connectivity index (χ4n) is 3.74. The van der Waals surface area contributed by atoms with Crippen molar-refractivity contribution in [2.45, 2.75) is 23.8 Å². The number of thioether (sulfide) groups is 1. The molecule has 2 aromatic rings. The summed E-state index contributed by atoms with van der Waals surface area (Å²) >= 11 is 1.49. The van der Waals surface area contributed by atoms with Crippen molar-refractivity contribution >= 4 is 29.3 Å². The fraction of sp³-hybridized carbons (Fsp3) is 0.333. The zero-order chi connectivity index (χ0) is 18.8. The van der Waals surface area contributed by atoms with Gasteiger partial charge in [-0.2, -0.15) is 0 Å². The number of likely N-dealkylation sites (tertiary alicyclic amines) is 1. The molecule has 1 saturated heterocycles. The minimum atomic E-state index is -0.487. The summed E-state index contributed by atoms with van der Waals surface area (Å²) in [6.45, 7) is 1.26. The van der Waals surface area contributed by atoms with Crippen LogP contribution in [0.15, 0.2) is 53.4 Å². The van der Waals surface area contributed by atoms with E-state index in [9.17, 15) is 14.7 Å². The van der Waals surface area contributed by atoms with Crippen LogP contribution in [0.25, 0.3) is 0 Å². The molecule has 2 aliphatic heterocycles. The van der Waals surface area contributed by atoms with Crippen molar-refractivity contribution in [3.8, 4) is 0 Å². The van der Waals surface area contributed by atoms with E-state index >= 15 is 0 Å². The molecular weight excluding hydrogens is 360 g/mol. The van der Waals surface area contributed by atoms with Gasteiger partial charge in [-0.05, 0) is 42.5 Å². The number of hydrogen-bond acceptors (Lipinski definition) is 4. The minimum absolute atomic E-state index is 0.0183. The van der Waals surface area contributed by atoms with Crippen molar-refractivity contribution in [1.82, 2.24) is 4.90 Å². The van der Waals surface area contributed by atoms with Gasteiger partial charge >= 0.3 is 0 Å². The van der Waals surface area contributed by atoms with E-state index in [-0.39, 0.29) is 17.7 Å². The van der Waals surface area contributed by atoms with E-state index in [0.29, 0.717) is 24.4 Å². The average Bonchev–Trinajstić information content (AvgIpc) is 2.73. The molecule has 2 amide bonds. The predicted octanol–water partition coefficient (Wildman–Crippen LogP) is 3.32. The molecule has 4 rings (SSSR count). The molecule has 0 aromatic heterocycles. The van der Waals surface area contributed by atoms with E-state index in [4.69, 9.17) is 0 Å². The lowest BCUT2D eigenvalue weighted by atomic mass is 9.87. The zero-order valence-electron chi connectivity index (χ0n) is 14.9. The normalized spacial score (nSPS) is 18.6. The number of piperidine rings is 1. The van der Waals surface area contributed by atoms with Gasteiger partial charge < -0.3 is 15.3 Å². The summed E-state index contributed by atoms with van der Waals surface area (Å²) in [6, 6.07) is 15.2. The van der Waals surface area contributed by atoms with Crippen molar-refractivity contribution in [2.75, 3.05) is 24.2 Å². The maximum absolute atomic E-state index is 12.9. The number of aliphatic hydroxyl groups excluding tert-OH is 1. The zero-order valence-corrected chi connectivity index (χ0v) is 15.7. The van der Waals surface area contributed by atoms with E-state index in [2.05, 4.69) is 5.32 Å². The van der Waals surface area contributed by atoms with Crippen LogP contribution in [0.3, 0.4) is 0 Å². The molecule has 2 aromatic carbocycles. The van der Waals surface area contributed by atoms with Gasteiger partial charge in [-0.1, -0.05) is 30.3 Å². The third-order valence-corrected chi connectivity index (χ3v) is 6.35. The van der Waals surface area contributed by atoms with Crippen LogP contribution in [-0.4, -0.2) is 40.7 Å². The van der Waals surface area contributed by atoms with E-state index in [1.807, 2.05) is 47.4 Å². The maximum atomic E-state index is 12.9. The van der Waals surface area contributed by atoms with Crippen molar-refractivity contribution in [2.24, 2.45) is 5.92 Å². The Hall–Kier alpha value is -2.31. The number of anilines is 1. The third-order valence-electron chi connectivity index (χ3n) is 5.27. The molecule has 2 heterocycles. The van der Waals surface area contributed by atoms with Crippen LogP contribution in [0.5, 0.6) is 0 Å². The lowest BCUT2D eigenvalue weighted by Gasteiger charge is -2.34. The number of fused-ring (bicyclic) bond motifs is 1. The van der Waals surface area contributed by atoms with Crippen molar-refractivity contribution < 1.29 is 14.7 Å². The summed E-state index contributed by atoms with van der Waals surface area (Å²) in [4.78, 5) is 27.3. The van der Waals surface area contributed by atoms with Gasteiger partial charge in [-0.3, -0.25) is 9.59 Å². The monoisotopic (exact) mass is 382 g/mol. The first-order valence-electron chi connectivity index (χ1n) is 9.21. The second-order valence-corrected chi connectivity index (χ2v) is 8.05. The molecule has 0 radical (unpaired) electrons. The highest BCUT2D eigenvalue weighted by molar-refractivity contribution is 8.00. The molecule has 140 valence electrons. The summed E-state index contributed by atoms with van der Waals surface area (Å²) in [7, 11) is 0. The van der Waals surface area contributed by atoms with Crippen molar-refractivity contribution in [3.63, 3.8) is 0 Å². The summed E-state index contributed by atoms with van der Waals surface area (Å²) < 4.78 is 0. The van der Waals surface area contributed by atoms with Crippen LogP contribution in [0, 0.1) is 5.92 Å². The van der Waals surface area contributed by atoms with Crippen LogP contribution in [-0.2, 0) is 4.79 Å². The summed E-state index contributed by atoms with van der Waals surface area (Å²) in [5.41, 5.74) is 2.25. The Morgan fingerprint density at radius 1 is 1.15 bits per heavy atom. The highest BCUT2D eigenvalue weighted by Crippen LogP contribution is 2.34. The molecule has 2 N–H and O–H groups in total. The highest BCUT2D eigenvalue weighted by Gasteiger charge is 2.29. The lowest BCUT2D eigenvalue weighted by Crippen LogP contribution is -2.39. The second-order valence-electron chi connectivity index (χ2n) is 7.03. The molecule has 5 nitrogen and oxygen atoms in total. The first kappa shape index (κ1) is 18.1. The Morgan fingerprint density at radius 2 is 1.89 bits per heavy atom. The lowest BCUT2D eigenvalue weighted by molar-refractivity contribution is -0.113. The second kappa shape index (κ2) is 7.74. The number of nitrogens with one attached hydrogen (secondary N) is 1. The summed E-state index contributed by atoms with van der Waals surface area (Å²) in [5, 5.41) is 13.4. The Bertz CT molecular complexity index is 848. The van der Waals surface area contributed by atoms with Gasteiger partial charge in [-0.25, -0.2) is 0 Å². The molecule has 0 aliphatic carbocycles. The van der Waals surface area contributed by atoms with Crippen LogP contribution >= 0.6 is 11.8 Å². The number of carbonyl (C=O) groups excluding carboxylic acids is 2. The molecule has 0 spiro atoms. The van der Waals surface area contributed by atoms with Gasteiger partial charge in [0.15, 0.2) is 0 Å². The Labute approximate surface area is 162 Å². The summed E-state index contributed by atoms with van der Waals surface area (Å²) in [6.07, 6.45) is 1.07. The first-order valence-corrected chi connectivity index (χ1v) is 10.2. The third kappa shape index (κ3) is 3.87. The SMILES string of the molecule is O=C1CSc2ccc(C(=O)N3CCC(C(O)c4ccccc4)CC3)cc2N1. The van der Waals surface area contributed by atoms with E-state index in [1.54, 1.807) is 6.07 Å². The first-order chi connectivity index (χ1) is 13.1. The molecule has 0 saturated carbocycles. The van der Waals surface area contributed by atoms with E-state index in [0.717, 1.165) is 29.0 Å². The Balaban J connectivity index is 1.40. The fourth-order valence-corrected chi connectivity index (χ4v) is 4.53.